The second kappa shape index (κ2) is 6.78. The van der Waals surface area contributed by atoms with E-state index in [9.17, 15) is 5.11 Å². The fourth-order valence-electron chi connectivity index (χ4n) is 1.88. The first kappa shape index (κ1) is 15.8. The Balaban J connectivity index is 2.73. The number of nitrogens with one attached hydrogen (secondary N) is 1. The molecule has 0 fully saturated rings. The van der Waals surface area contributed by atoms with Gasteiger partial charge in [-0.1, -0.05) is 0 Å². The van der Waals surface area contributed by atoms with Crippen LogP contribution in [0.3, 0.4) is 0 Å². The maximum Gasteiger partial charge on any atom is 0.161 e. The van der Waals surface area contributed by atoms with Crippen molar-refractivity contribution in [3.05, 3.63) is 23.3 Å². The molecule has 0 aromatic heterocycles. The number of methoxy groups -OCH3 is 2. The molecule has 1 rings (SSSR count). The molecular weight excluding hydrogens is 242 g/mol. The summed E-state index contributed by atoms with van der Waals surface area (Å²) >= 11 is 0. The topological polar surface area (TPSA) is 50.7 Å². The average Bonchev–Trinajstić information content (AvgIpc) is 2.40. The highest BCUT2D eigenvalue weighted by Gasteiger charge is 2.15. The Morgan fingerprint density at radius 1 is 1.16 bits per heavy atom. The molecule has 0 radical (unpaired) electrons. The summed E-state index contributed by atoms with van der Waals surface area (Å²) in [5, 5.41) is 12.5. The third-order valence-corrected chi connectivity index (χ3v) is 3.24. The van der Waals surface area contributed by atoms with Crippen molar-refractivity contribution in [3.8, 4) is 11.5 Å². The lowest BCUT2D eigenvalue weighted by molar-refractivity contribution is 0.189. The molecule has 1 aromatic carbocycles. The summed E-state index contributed by atoms with van der Waals surface area (Å²) in [6.07, 6.45) is 0.885. The summed E-state index contributed by atoms with van der Waals surface area (Å²) in [6.45, 7) is 6.96. The van der Waals surface area contributed by atoms with Crippen LogP contribution >= 0.6 is 0 Å². The summed E-state index contributed by atoms with van der Waals surface area (Å²) in [4.78, 5) is 0. The van der Waals surface area contributed by atoms with E-state index in [1.165, 1.54) is 11.1 Å². The number of rotatable bonds is 7. The fourth-order valence-corrected chi connectivity index (χ4v) is 1.88. The van der Waals surface area contributed by atoms with Gasteiger partial charge >= 0.3 is 0 Å². The minimum Gasteiger partial charge on any atom is -0.493 e. The molecule has 0 saturated heterocycles. The molecule has 19 heavy (non-hydrogen) atoms. The Kier molecular flexibility index (Phi) is 5.63. The molecule has 0 aliphatic carbocycles. The quantitative estimate of drug-likeness (QED) is 0.792. The van der Waals surface area contributed by atoms with Gasteiger partial charge in [0.25, 0.3) is 0 Å². The van der Waals surface area contributed by atoms with Crippen molar-refractivity contribution in [2.24, 2.45) is 0 Å². The molecule has 0 unspecified atom stereocenters. The summed E-state index contributed by atoms with van der Waals surface area (Å²) in [7, 11) is 3.28. The monoisotopic (exact) mass is 267 g/mol. The number of aliphatic hydroxyl groups excluding tert-OH is 1. The van der Waals surface area contributed by atoms with Gasteiger partial charge in [-0.25, -0.2) is 0 Å². The van der Waals surface area contributed by atoms with Gasteiger partial charge in [-0.3, -0.25) is 0 Å². The molecular formula is C15H25NO3. The van der Waals surface area contributed by atoms with Gasteiger partial charge in [0.05, 0.1) is 20.8 Å². The van der Waals surface area contributed by atoms with Crippen LogP contribution in [0.25, 0.3) is 0 Å². The minimum atomic E-state index is -0.246. The Labute approximate surface area is 115 Å². The van der Waals surface area contributed by atoms with Gasteiger partial charge in [0.2, 0.25) is 0 Å². The molecule has 0 atom stereocenters. The molecule has 108 valence electrons. The molecule has 0 aliphatic heterocycles. The summed E-state index contributed by atoms with van der Waals surface area (Å²) in [5.74, 6) is 1.51. The largest absolute Gasteiger partial charge is 0.493 e. The zero-order valence-electron chi connectivity index (χ0n) is 12.5. The van der Waals surface area contributed by atoms with Gasteiger partial charge in [0.1, 0.15) is 0 Å². The normalized spacial score (nSPS) is 11.5. The van der Waals surface area contributed by atoms with Crippen molar-refractivity contribution in [1.82, 2.24) is 5.32 Å². The third kappa shape index (κ3) is 4.40. The van der Waals surface area contributed by atoms with Gasteiger partial charge in [-0.15, -0.1) is 0 Å². The van der Waals surface area contributed by atoms with E-state index >= 15 is 0 Å². The lowest BCUT2D eigenvalue weighted by atomic mass is 10.0. The second-order valence-corrected chi connectivity index (χ2v) is 5.35. The molecule has 0 amide bonds. The van der Waals surface area contributed by atoms with Crippen molar-refractivity contribution >= 4 is 0 Å². The Hall–Kier alpha value is -1.26. The zero-order chi connectivity index (χ0) is 14.5. The fraction of sp³-hybridized carbons (Fsp3) is 0.600. The Morgan fingerprint density at radius 2 is 1.74 bits per heavy atom. The van der Waals surface area contributed by atoms with Crippen molar-refractivity contribution in [2.75, 3.05) is 27.4 Å². The number of hydrogen-bond donors (Lipinski definition) is 2. The van der Waals surface area contributed by atoms with Crippen LogP contribution in [0.2, 0.25) is 0 Å². The smallest absolute Gasteiger partial charge is 0.161 e. The summed E-state index contributed by atoms with van der Waals surface area (Å²) < 4.78 is 10.6. The van der Waals surface area contributed by atoms with Crippen molar-refractivity contribution in [2.45, 2.75) is 32.7 Å². The van der Waals surface area contributed by atoms with Gasteiger partial charge in [0.15, 0.2) is 11.5 Å². The lowest BCUT2D eigenvalue weighted by Gasteiger charge is -2.23. The maximum absolute atomic E-state index is 9.20. The molecule has 2 N–H and O–H groups in total. The number of hydrogen-bond acceptors (Lipinski definition) is 4. The number of aryl methyl sites for hydroxylation is 1. The minimum absolute atomic E-state index is 0.123. The zero-order valence-corrected chi connectivity index (χ0v) is 12.5. The van der Waals surface area contributed by atoms with E-state index in [0.717, 1.165) is 24.5 Å². The van der Waals surface area contributed by atoms with Crippen LogP contribution in [0.5, 0.6) is 11.5 Å². The van der Waals surface area contributed by atoms with E-state index in [1.807, 2.05) is 26.0 Å². The van der Waals surface area contributed by atoms with Crippen molar-refractivity contribution in [3.63, 3.8) is 0 Å². The molecule has 1 aromatic rings. The molecule has 0 aliphatic rings. The highest BCUT2D eigenvalue weighted by molar-refractivity contribution is 5.47. The first-order valence-corrected chi connectivity index (χ1v) is 6.51. The molecule has 0 saturated carbocycles. The number of aliphatic hydroxyl groups is 1. The average molecular weight is 267 g/mol. The Bertz CT molecular complexity index is 416. The first-order valence-electron chi connectivity index (χ1n) is 6.51. The molecule has 4 heteroatoms. The predicted octanol–water partition coefficient (Wildman–Crippen LogP) is 1.92. The molecule has 0 heterocycles. The number of benzene rings is 1. The van der Waals surface area contributed by atoms with Crippen LogP contribution < -0.4 is 14.8 Å². The molecule has 0 bridgehead atoms. The van der Waals surface area contributed by atoms with E-state index in [0.29, 0.717) is 0 Å². The predicted molar refractivity (Wildman–Crippen MR) is 77.2 cm³/mol. The van der Waals surface area contributed by atoms with Crippen LogP contribution in [0.15, 0.2) is 12.1 Å². The van der Waals surface area contributed by atoms with Gasteiger partial charge in [-0.2, -0.15) is 0 Å². The SMILES string of the molecule is COc1cc(C)c(CCNC(C)(C)CO)cc1OC. The highest BCUT2D eigenvalue weighted by Crippen LogP contribution is 2.30. The Morgan fingerprint density at radius 3 is 2.26 bits per heavy atom. The molecule has 0 spiro atoms. The van der Waals surface area contributed by atoms with Crippen LogP contribution in [0, 0.1) is 6.92 Å². The standard InChI is InChI=1S/C15H25NO3/c1-11-8-13(18-4)14(19-5)9-12(11)6-7-16-15(2,3)10-17/h8-9,16-17H,6-7,10H2,1-5H3. The van der Waals surface area contributed by atoms with Gasteiger partial charge < -0.3 is 19.9 Å². The van der Waals surface area contributed by atoms with E-state index in [4.69, 9.17) is 9.47 Å². The summed E-state index contributed by atoms with van der Waals surface area (Å²) in [5.41, 5.74) is 2.16. The third-order valence-electron chi connectivity index (χ3n) is 3.24. The van der Waals surface area contributed by atoms with Crippen molar-refractivity contribution < 1.29 is 14.6 Å². The van der Waals surface area contributed by atoms with Crippen molar-refractivity contribution in [1.29, 1.82) is 0 Å². The van der Waals surface area contributed by atoms with Gasteiger partial charge in [0, 0.05) is 5.54 Å². The lowest BCUT2D eigenvalue weighted by Crippen LogP contribution is -2.43. The number of ether oxygens (including phenoxy) is 2. The van der Waals surface area contributed by atoms with Crippen LogP contribution in [0.4, 0.5) is 0 Å². The van der Waals surface area contributed by atoms with Crippen LogP contribution in [0.1, 0.15) is 25.0 Å². The second-order valence-electron chi connectivity index (χ2n) is 5.35. The van der Waals surface area contributed by atoms with E-state index in [1.54, 1.807) is 14.2 Å². The summed E-state index contributed by atoms with van der Waals surface area (Å²) in [6, 6.07) is 4.01. The van der Waals surface area contributed by atoms with Gasteiger partial charge in [-0.05, 0) is 57.0 Å². The van der Waals surface area contributed by atoms with Crippen LogP contribution in [-0.2, 0) is 6.42 Å². The first-order chi connectivity index (χ1) is 8.93. The molecule has 4 nitrogen and oxygen atoms in total. The maximum atomic E-state index is 9.20. The van der Waals surface area contributed by atoms with Crippen LogP contribution in [-0.4, -0.2) is 38.0 Å². The highest BCUT2D eigenvalue weighted by atomic mass is 16.5. The van der Waals surface area contributed by atoms with E-state index in [2.05, 4.69) is 12.2 Å². The van der Waals surface area contributed by atoms with E-state index < -0.39 is 0 Å². The van der Waals surface area contributed by atoms with E-state index in [-0.39, 0.29) is 12.1 Å².